The highest BCUT2D eigenvalue weighted by Crippen LogP contribution is 2.40. The van der Waals surface area contributed by atoms with Gasteiger partial charge >= 0.3 is 6.09 Å². The van der Waals surface area contributed by atoms with Crippen molar-refractivity contribution in [3.05, 3.63) is 72.0 Å². The number of hydrogen-bond acceptors (Lipinski definition) is 4. The molecule has 2 amide bonds. The van der Waals surface area contributed by atoms with E-state index < -0.39 is 6.09 Å². The molecule has 0 atom stereocenters. The molecule has 156 valence electrons. The number of rotatable bonds is 5. The van der Waals surface area contributed by atoms with E-state index in [1.165, 1.54) is 5.56 Å². The Morgan fingerprint density at radius 2 is 1.83 bits per heavy atom. The second-order valence-corrected chi connectivity index (χ2v) is 7.83. The van der Waals surface area contributed by atoms with Gasteiger partial charge in [0.1, 0.15) is 11.7 Å². The van der Waals surface area contributed by atoms with Gasteiger partial charge in [0.05, 0.1) is 11.8 Å². The zero-order valence-corrected chi connectivity index (χ0v) is 17.0. The molecule has 0 saturated heterocycles. The molecular weight excluding hydrogens is 380 g/mol. The molecule has 0 aliphatic heterocycles. The van der Waals surface area contributed by atoms with Crippen molar-refractivity contribution >= 4 is 23.0 Å². The Morgan fingerprint density at radius 1 is 1.07 bits per heavy atom. The Labute approximate surface area is 175 Å². The van der Waals surface area contributed by atoms with E-state index in [4.69, 9.17) is 9.15 Å². The van der Waals surface area contributed by atoms with Crippen LogP contribution in [0.5, 0.6) is 0 Å². The summed E-state index contributed by atoms with van der Waals surface area (Å²) in [7, 11) is 1.56. The third-order valence-electron chi connectivity index (χ3n) is 6.06. The highest BCUT2D eigenvalue weighted by atomic mass is 16.6. The van der Waals surface area contributed by atoms with Crippen molar-refractivity contribution in [2.45, 2.75) is 37.2 Å². The molecule has 2 N–H and O–H groups in total. The fourth-order valence-electron chi connectivity index (χ4n) is 4.35. The molecule has 3 aromatic rings. The molecule has 0 radical (unpaired) electrons. The van der Waals surface area contributed by atoms with Crippen molar-refractivity contribution in [3.8, 4) is 0 Å². The number of carbonyl (C=O) groups is 2. The van der Waals surface area contributed by atoms with Gasteiger partial charge in [-0.05, 0) is 43.4 Å². The number of alkyl carbamates (subject to hydrolysis) is 1. The van der Waals surface area contributed by atoms with Crippen LogP contribution in [0.2, 0.25) is 0 Å². The zero-order chi connectivity index (χ0) is 21.0. The van der Waals surface area contributed by atoms with E-state index in [1.54, 1.807) is 19.4 Å². The van der Waals surface area contributed by atoms with Crippen molar-refractivity contribution in [2.75, 3.05) is 13.6 Å². The van der Waals surface area contributed by atoms with Crippen molar-refractivity contribution in [1.82, 2.24) is 10.6 Å². The number of carbonyl (C=O) groups excluding carboxylic acids is 2. The Balaban J connectivity index is 1.51. The average molecular weight is 406 g/mol. The fraction of sp³-hybridized carbons (Fsp3) is 0.333. The minimum atomic E-state index is -0.396. The minimum Gasteiger partial charge on any atom is -0.464 e. The van der Waals surface area contributed by atoms with Gasteiger partial charge in [-0.3, -0.25) is 4.79 Å². The number of ether oxygens (including phenoxy) is 1. The first-order chi connectivity index (χ1) is 14.6. The molecule has 6 nitrogen and oxygen atoms in total. The fourth-order valence-corrected chi connectivity index (χ4v) is 4.35. The van der Waals surface area contributed by atoms with E-state index in [1.807, 2.05) is 36.4 Å². The normalized spacial score (nSPS) is 21.2. The SMILES string of the molecule is CNC(=O)OC1CCC(CNC(=O)c2cccc3ccoc23)(c2ccccc2)CC1. The van der Waals surface area contributed by atoms with Crippen LogP contribution < -0.4 is 10.6 Å². The van der Waals surface area contributed by atoms with E-state index in [0.29, 0.717) is 17.7 Å². The summed E-state index contributed by atoms with van der Waals surface area (Å²) in [5.41, 5.74) is 2.14. The molecule has 6 heteroatoms. The lowest BCUT2D eigenvalue weighted by Crippen LogP contribution is -2.45. The molecule has 1 aromatic heterocycles. The van der Waals surface area contributed by atoms with Crippen LogP contribution in [0.25, 0.3) is 11.0 Å². The van der Waals surface area contributed by atoms with Gasteiger partial charge in [0, 0.05) is 24.4 Å². The lowest BCUT2D eigenvalue weighted by Gasteiger charge is -2.40. The van der Waals surface area contributed by atoms with Gasteiger partial charge in [0.25, 0.3) is 5.91 Å². The highest BCUT2D eigenvalue weighted by Gasteiger charge is 2.38. The second-order valence-electron chi connectivity index (χ2n) is 7.83. The number of hydrogen-bond donors (Lipinski definition) is 2. The summed E-state index contributed by atoms with van der Waals surface area (Å²) in [6.07, 6.45) is 4.26. The van der Waals surface area contributed by atoms with Gasteiger partial charge in [-0.15, -0.1) is 0 Å². The van der Waals surface area contributed by atoms with Crippen molar-refractivity contribution in [1.29, 1.82) is 0 Å². The summed E-state index contributed by atoms with van der Waals surface area (Å²) in [6, 6.07) is 17.7. The van der Waals surface area contributed by atoms with Crippen molar-refractivity contribution in [2.24, 2.45) is 0 Å². The second kappa shape index (κ2) is 8.61. The van der Waals surface area contributed by atoms with Crippen LogP contribution in [-0.2, 0) is 10.2 Å². The summed E-state index contributed by atoms with van der Waals surface area (Å²) in [6.45, 7) is 0.514. The lowest BCUT2D eigenvalue weighted by atomic mass is 9.68. The highest BCUT2D eigenvalue weighted by molar-refractivity contribution is 6.04. The number of fused-ring (bicyclic) bond motifs is 1. The molecule has 1 fully saturated rings. The zero-order valence-electron chi connectivity index (χ0n) is 17.0. The summed E-state index contributed by atoms with van der Waals surface area (Å²) in [5.74, 6) is -0.144. The first-order valence-corrected chi connectivity index (χ1v) is 10.3. The smallest absolute Gasteiger partial charge is 0.407 e. The molecule has 1 saturated carbocycles. The van der Waals surface area contributed by atoms with Gasteiger partial charge < -0.3 is 19.8 Å². The summed E-state index contributed by atoms with van der Waals surface area (Å²) < 4.78 is 11.0. The maximum atomic E-state index is 13.0. The van der Waals surface area contributed by atoms with Crippen LogP contribution in [0.15, 0.2) is 65.3 Å². The van der Waals surface area contributed by atoms with Gasteiger partial charge in [0.15, 0.2) is 0 Å². The van der Waals surface area contributed by atoms with Gasteiger partial charge in [-0.25, -0.2) is 4.79 Å². The molecule has 30 heavy (non-hydrogen) atoms. The van der Waals surface area contributed by atoms with Crippen LogP contribution in [0.4, 0.5) is 4.79 Å². The third-order valence-corrected chi connectivity index (χ3v) is 6.06. The number of benzene rings is 2. The monoisotopic (exact) mass is 406 g/mol. The summed E-state index contributed by atoms with van der Waals surface area (Å²) in [4.78, 5) is 24.5. The molecule has 0 bridgehead atoms. The van der Waals surface area contributed by atoms with Crippen molar-refractivity contribution < 1.29 is 18.7 Å². The molecule has 0 spiro atoms. The molecule has 1 aliphatic carbocycles. The Kier molecular flexibility index (Phi) is 5.74. The molecule has 1 heterocycles. The molecule has 4 rings (SSSR count). The average Bonchev–Trinajstić information content (AvgIpc) is 3.28. The Hall–Kier alpha value is -3.28. The standard InChI is InChI=1S/C24H26N2O4/c1-25-23(28)30-19-10-13-24(14-11-19,18-7-3-2-4-8-18)16-26-22(27)20-9-5-6-17-12-15-29-21(17)20/h2-9,12,15,19H,10-11,13-14,16H2,1H3,(H,25,28)(H,26,27). The van der Waals surface area contributed by atoms with E-state index in [0.717, 1.165) is 31.1 Å². The molecular formula is C24H26N2O4. The number of furan rings is 1. The van der Waals surface area contributed by atoms with E-state index in [-0.39, 0.29) is 17.4 Å². The molecule has 0 unspecified atom stereocenters. The Bertz CT molecular complexity index is 1020. The first kappa shape index (κ1) is 20.0. The minimum absolute atomic E-state index is 0.102. The van der Waals surface area contributed by atoms with Crippen LogP contribution in [0, 0.1) is 0 Å². The summed E-state index contributed by atoms with van der Waals surface area (Å²) >= 11 is 0. The maximum Gasteiger partial charge on any atom is 0.407 e. The predicted octanol–water partition coefficient (Wildman–Crippen LogP) is 4.40. The maximum absolute atomic E-state index is 13.0. The lowest BCUT2D eigenvalue weighted by molar-refractivity contribution is 0.0576. The van der Waals surface area contributed by atoms with E-state index >= 15 is 0 Å². The predicted molar refractivity (Wildman–Crippen MR) is 114 cm³/mol. The number of para-hydroxylation sites is 1. The van der Waals surface area contributed by atoms with E-state index in [9.17, 15) is 9.59 Å². The number of amides is 2. The first-order valence-electron chi connectivity index (χ1n) is 10.3. The van der Waals surface area contributed by atoms with Crippen LogP contribution in [-0.4, -0.2) is 31.7 Å². The van der Waals surface area contributed by atoms with Gasteiger partial charge in [0.2, 0.25) is 0 Å². The van der Waals surface area contributed by atoms with Crippen LogP contribution in [0.3, 0.4) is 0 Å². The number of nitrogens with one attached hydrogen (secondary N) is 2. The topological polar surface area (TPSA) is 80.6 Å². The Morgan fingerprint density at radius 3 is 2.57 bits per heavy atom. The summed E-state index contributed by atoms with van der Waals surface area (Å²) in [5, 5.41) is 6.56. The largest absolute Gasteiger partial charge is 0.464 e. The van der Waals surface area contributed by atoms with Crippen molar-refractivity contribution in [3.63, 3.8) is 0 Å². The van der Waals surface area contributed by atoms with Gasteiger partial charge in [-0.1, -0.05) is 42.5 Å². The third kappa shape index (κ3) is 4.03. The molecule has 2 aromatic carbocycles. The van der Waals surface area contributed by atoms with E-state index in [2.05, 4.69) is 22.8 Å². The van der Waals surface area contributed by atoms with Crippen LogP contribution in [0.1, 0.15) is 41.6 Å². The quantitative estimate of drug-likeness (QED) is 0.658. The molecule has 1 aliphatic rings. The van der Waals surface area contributed by atoms with Crippen LogP contribution >= 0.6 is 0 Å². The van der Waals surface area contributed by atoms with Gasteiger partial charge in [-0.2, -0.15) is 0 Å².